The Morgan fingerprint density at radius 1 is 1.50 bits per heavy atom. The Bertz CT molecular complexity index is 381. The average Bonchev–Trinajstić information content (AvgIpc) is 2.80. The van der Waals surface area contributed by atoms with Crippen LogP contribution in [0.3, 0.4) is 0 Å². The number of nitrogens with one attached hydrogen (secondary N) is 1. The molecule has 3 heteroatoms. The first-order valence-electron chi connectivity index (χ1n) is 7.29. The fourth-order valence-corrected chi connectivity index (χ4v) is 3.57. The summed E-state index contributed by atoms with van der Waals surface area (Å²) < 4.78 is 2.13. The van der Waals surface area contributed by atoms with Crippen molar-refractivity contribution >= 4 is 0 Å². The van der Waals surface area contributed by atoms with E-state index in [2.05, 4.69) is 49.0 Å². The van der Waals surface area contributed by atoms with Crippen molar-refractivity contribution in [1.82, 2.24) is 15.1 Å². The summed E-state index contributed by atoms with van der Waals surface area (Å²) in [5, 5.41) is 7.97. The molecule has 2 unspecified atom stereocenters. The lowest BCUT2D eigenvalue weighted by Gasteiger charge is -2.43. The molecule has 1 fully saturated rings. The van der Waals surface area contributed by atoms with Crippen LogP contribution in [-0.2, 0) is 6.54 Å². The van der Waals surface area contributed by atoms with Crippen molar-refractivity contribution in [3.05, 3.63) is 18.0 Å². The zero-order chi connectivity index (χ0) is 13.2. The topological polar surface area (TPSA) is 29.9 Å². The molecule has 0 spiro atoms. The maximum absolute atomic E-state index is 4.42. The van der Waals surface area contributed by atoms with Crippen molar-refractivity contribution in [2.45, 2.75) is 59.0 Å². The summed E-state index contributed by atoms with van der Waals surface area (Å²) in [6.45, 7) is 7.96. The Hall–Kier alpha value is -0.830. The minimum Gasteiger partial charge on any atom is -0.311 e. The van der Waals surface area contributed by atoms with E-state index in [0.717, 1.165) is 6.54 Å². The lowest BCUT2D eigenvalue weighted by Crippen LogP contribution is -2.38. The maximum atomic E-state index is 4.42. The highest BCUT2D eigenvalue weighted by Crippen LogP contribution is 2.46. The fourth-order valence-electron chi connectivity index (χ4n) is 3.57. The molecule has 1 aromatic rings. The van der Waals surface area contributed by atoms with E-state index in [1.165, 1.54) is 31.4 Å². The predicted octanol–water partition coefficient (Wildman–Crippen LogP) is 3.38. The maximum Gasteiger partial charge on any atom is 0.0556 e. The molecule has 2 atom stereocenters. The van der Waals surface area contributed by atoms with Gasteiger partial charge in [-0.15, -0.1) is 0 Å². The largest absolute Gasteiger partial charge is 0.311 e. The number of hydrogen-bond acceptors (Lipinski definition) is 2. The molecular weight excluding hydrogens is 222 g/mol. The molecule has 1 aromatic heterocycles. The van der Waals surface area contributed by atoms with E-state index in [1.54, 1.807) is 0 Å². The summed E-state index contributed by atoms with van der Waals surface area (Å²) in [4.78, 5) is 0. The summed E-state index contributed by atoms with van der Waals surface area (Å²) in [5.74, 6) is 0.707. The van der Waals surface area contributed by atoms with E-state index >= 15 is 0 Å². The van der Waals surface area contributed by atoms with Gasteiger partial charge >= 0.3 is 0 Å². The van der Waals surface area contributed by atoms with Gasteiger partial charge in [0.05, 0.1) is 11.7 Å². The number of rotatable bonds is 4. The molecule has 0 aliphatic heterocycles. The van der Waals surface area contributed by atoms with Gasteiger partial charge in [-0.1, -0.05) is 26.7 Å². The molecule has 1 aliphatic carbocycles. The third kappa shape index (κ3) is 2.46. The second kappa shape index (κ2) is 5.43. The molecule has 1 aliphatic rings. The van der Waals surface area contributed by atoms with Gasteiger partial charge in [0.15, 0.2) is 0 Å². The highest BCUT2D eigenvalue weighted by atomic mass is 15.3. The molecule has 0 radical (unpaired) electrons. The van der Waals surface area contributed by atoms with Gasteiger partial charge in [0, 0.05) is 12.7 Å². The second-order valence-electron chi connectivity index (χ2n) is 6.18. The fraction of sp³-hybridized carbons (Fsp3) is 0.800. The number of aryl methyl sites for hydroxylation is 1. The van der Waals surface area contributed by atoms with Gasteiger partial charge in [-0.25, -0.2) is 0 Å². The van der Waals surface area contributed by atoms with E-state index in [4.69, 9.17) is 0 Å². The Morgan fingerprint density at radius 2 is 2.28 bits per heavy atom. The smallest absolute Gasteiger partial charge is 0.0556 e. The summed E-state index contributed by atoms with van der Waals surface area (Å²) in [6, 6.07) is 2.61. The van der Waals surface area contributed by atoms with Crippen LogP contribution in [0.2, 0.25) is 0 Å². The molecule has 0 saturated heterocycles. The standard InChI is InChI=1S/C15H27N3/c1-5-18-13(9-11-17-18)14(16-4)12-8-6-7-10-15(12,2)3/h9,11-12,14,16H,5-8,10H2,1-4H3. The van der Waals surface area contributed by atoms with Crippen molar-refractivity contribution < 1.29 is 0 Å². The van der Waals surface area contributed by atoms with Crippen LogP contribution in [0.25, 0.3) is 0 Å². The first-order chi connectivity index (χ1) is 8.60. The molecule has 18 heavy (non-hydrogen) atoms. The zero-order valence-corrected chi connectivity index (χ0v) is 12.2. The molecule has 0 aromatic carbocycles. The summed E-state index contributed by atoms with van der Waals surface area (Å²) >= 11 is 0. The van der Waals surface area contributed by atoms with Gasteiger partial charge < -0.3 is 5.32 Å². The molecule has 2 rings (SSSR count). The highest BCUT2D eigenvalue weighted by molar-refractivity contribution is 5.10. The Morgan fingerprint density at radius 3 is 2.89 bits per heavy atom. The average molecular weight is 249 g/mol. The van der Waals surface area contributed by atoms with Gasteiger partial charge in [-0.3, -0.25) is 4.68 Å². The lowest BCUT2D eigenvalue weighted by molar-refractivity contribution is 0.0978. The molecule has 1 N–H and O–H groups in total. The summed E-state index contributed by atoms with van der Waals surface area (Å²) in [6.07, 6.45) is 7.35. The van der Waals surface area contributed by atoms with Crippen molar-refractivity contribution in [2.75, 3.05) is 7.05 Å². The minimum absolute atomic E-state index is 0.425. The summed E-state index contributed by atoms with van der Waals surface area (Å²) in [5.41, 5.74) is 1.77. The first kappa shape index (κ1) is 13.6. The van der Waals surface area contributed by atoms with Crippen molar-refractivity contribution in [1.29, 1.82) is 0 Å². The molecule has 0 amide bonds. The number of hydrogen-bond donors (Lipinski definition) is 1. The van der Waals surface area contributed by atoms with Crippen molar-refractivity contribution in [3.8, 4) is 0 Å². The van der Waals surface area contributed by atoms with Crippen molar-refractivity contribution in [2.24, 2.45) is 11.3 Å². The monoisotopic (exact) mass is 249 g/mol. The quantitative estimate of drug-likeness (QED) is 0.886. The van der Waals surface area contributed by atoms with Crippen LogP contribution in [0.1, 0.15) is 58.2 Å². The molecule has 0 bridgehead atoms. The molecule has 3 nitrogen and oxygen atoms in total. The van der Waals surface area contributed by atoms with E-state index < -0.39 is 0 Å². The van der Waals surface area contributed by atoms with Crippen LogP contribution >= 0.6 is 0 Å². The van der Waals surface area contributed by atoms with E-state index in [9.17, 15) is 0 Å². The third-order valence-electron chi connectivity index (χ3n) is 4.67. The lowest BCUT2D eigenvalue weighted by atomic mass is 9.65. The molecule has 102 valence electrons. The van der Waals surface area contributed by atoms with Crippen LogP contribution in [0.15, 0.2) is 12.3 Å². The molecular formula is C15H27N3. The van der Waals surface area contributed by atoms with E-state index in [0.29, 0.717) is 17.4 Å². The number of aromatic nitrogens is 2. The molecule has 1 heterocycles. The zero-order valence-electron chi connectivity index (χ0n) is 12.2. The van der Waals surface area contributed by atoms with Gasteiger partial charge in [0.1, 0.15) is 0 Å². The van der Waals surface area contributed by atoms with Crippen LogP contribution < -0.4 is 5.32 Å². The highest BCUT2D eigenvalue weighted by Gasteiger charge is 2.38. The van der Waals surface area contributed by atoms with E-state index in [1.807, 2.05) is 6.20 Å². The van der Waals surface area contributed by atoms with Gasteiger partial charge in [-0.2, -0.15) is 5.10 Å². The first-order valence-corrected chi connectivity index (χ1v) is 7.29. The Kier molecular flexibility index (Phi) is 4.10. The molecule has 1 saturated carbocycles. The van der Waals surface area contributed by atoms with Crippen molar-refractivity contribution in [3.63, 3.8) is 0 Å². The normalized spacial score (nSPS) is 25.0. The van der Waals surface area contributed by atoms with Crippen LogP contribution in [0, 0.1) is 11.3 Å². The SMILES string of the molecule is CCn1nccc1C(NC)C1CCCCC1(C)C. The van der Waals surface area contributed by atoms with Crippen LogP contribution in [0.5, 0.6) is 0 Å². The van der Waals surface area contributed by atoms with Gasteiger partial charge in [-0.05, 0) is 44.2 Å². The van der Waals surface area contributed by atoms with Gasteiger partial charge in [0.25, 0.3) is 0 Å². The Labute approximate surface area is 111 Å². The second-order valence-corrected chi connectivity index (χ2v) is 6.18. The summed E-state index contributed by atoms with van der Waals surface area (Å²) in [7, 11) is 2.09. The third-order valence-corrected chi connectivity index (χ3v) is 4.67. The Balaban J connectivity index is 2.27. The predicted molar refractivity (Wildman–Crippen MR) is 75.4 cm³/mol. The van der Waals surface area contributed by atoms with Crippen LogP contribution in [0.4, 0.5) is 0 Å². The van der Waals surface area contributed by atoms with Gasteiger partial charge in [0.2, 0.25) is 0 Å². The van der Waals surface area contributed by atoms with E-state index in [-0.39, 0.29) is 0 Å². The minimum atomic E-state index is 0.425. The number of nitrogens with zero attached hydrogens (tertiary/aromatic N) is 2. The van der Waals surface area contributed by atoms with Crippen LogP contribution in [-0.4, -0.2) is 16.8 Å².